The van der Waals surface area contributed by atoms with Crippen LogP contribution in [0.25, 0.3) is 0 Å². The van der Waals surface area contributed by atoms with E-state index in [-0.39, 0.29) is 54.7 Å². The number of ether oxygens (including phenoxy) is 3. The Morgan fingerprint density at radius 2 is 2.10 bits per heavy atom. The van der Waals surface area contributed by atoms with Crippen molar-refractivity contribution in [1.82, 2.24) is 4.90 Å². The standard InChI is InChI=1S/C21H26N2O8/c1-3-9-31-21(28)23-15-12-17(30-10-5-7-18(24)25)16(29-2)11-13(15)19(26)22-8-4-6-14(22)20(23)27/h3,11-12,14,20,27H,1,4-10H2,2H3,(H,24,25)/t14-,20?/m1/s1. The summed E-state index contributed by atoms with van der Waals surface area (Å²) in [5, 5.41) is 19.8. The zero-order valence-electron chi connectivity index (χ0n) is 17.3. The average molecular weight is 434 g/mol. The van der Waals surface area contributed by atoms with Crippen molar-refractivity contribution in [2.45, 2.75) is 38.0 Å². The van der Waals surface area contributed by atoms with Gasteiger partial charge in [-0.1, -0.05) is 12.7 Å². The second-order valence-electron chi connectivity index (χ2n) is 7.22. The Morgan fingerprint density at radius 3 is 2.77 bits per heavy atom. The number of nitrogens with zero attached hydrogens (tertiary/aromatic N) is 2. The topological polar surface area (TPSA) is 126 Å². The second-order valence-corrected chi connectivity index (χ2v) is 7.22. The summed E-state index contributed by atoms with van der Waals surface area (Å²) in [4.78, 5) is 39.4. The van der Waals surface area contributed by atoms with Crippen LogP contribution in [0.3, 0.4) is 0 Å². The molecule has 1 saturated heterocycles. The molecule has 0 radical (unpaired) electrons. The van der Waals surface area contributed by atoms with Crippen LogP contribution in [0.4, 0.5) is 10.5 Å². The molecule has 2 aliphatic heterocycles. The second kappa shape index (κ2) is 9.69. The van der Waals surface area contributed by atoms with Crippen LogP contribution in [0.1, 0.15) is 36.0 Å². The van der Waals surface area contributed by atoms with Gasteiger partial charge in [-0.25, -0.2) is 9.69 Å². The summed E-state index contributed by atoms with van der Waals surface area (Å²) in [6.07, 6.45) is 0.720. The first kappa shape index (κ1) is 22.4. The van der Waals surface area contributed by atoms with Gasteiger partial charge in [-0.2, -0.15) is 0 Å². The number of aliphatic carboxylic acids is 1. The molecule has 0 bridgehead atoms. The molecule has 0 saturated carbocycles. The minimum absolute atomic E-state index is 0.0611. The third kappa shape index (κ3) is 4.58. The lowest BCUT2D eigenvalue weighted by Crippen LogP contribution is -2.50. The number of aliphatic hydroxyl groups is 1. The molecule has 1 unspecified atom stereocenters. The minimum Gasteiger partial charge on any atom is -0.493 e. The zero-order chi connectivity index (χ0) is 22.5. The maximum atomic E-state index is 13.2. The highest BCUT2D eigenvalue weighted by Gasteiger charge is 2.45. The van der Waals surface area contributed by atoms with Gasteiger partial charge >= 0.3 is 12.1 Å². The largest absolute Gasteiger partial charge is 0.493 e. The number of carbonyl (C=O) groups is 3. The first-order valence-corrected chi connectivity index (χ1v) is 10.0. The highest BCUT2D eigenvalue weighted by molar-refractivity contribution is 6.06. The molecule has 2 N–H and O–H groups in total. The number of hydrogen-bond donors (Lipinski definition) is 2. The van der Waals surface area contributed by atoms with Crippen molar-refractivity contribution in [3.63, 3.8) is 0 Å². The van der Waals surface area contributed by atoms with Crippen molar-refractivity contribution in [2.24, 2.45) is 0 Å². The molecule has 31 heavy (non-hydrogen) atoms. The van der Waals surface area contributed by atoms with Gasteiger partial charge in [-0.15, -0.1) is 0 Å². The molecule has 1 aromatic rings. The molecular weight excluding hydrogens is 408 g/mol. The Kier molecular flexibility index (Phi) is 7.01. The summed E-state index contributed by atoms with van der Waals surface area (Å²) in [5.41, 5.74) is 0.309. The molecule has 0 aliphatic carbocycles. The number of amides is 2. The molecule has 1 aromatic carbocycles. The number of benzene rings is 1. The van der Waals surface area contributed by atoms with Gasteiger partial charge in [0.1, 0.15) is 6.61 Å². The fraction of sp³-hybridized carbons (Fsp3) is 0.476. The summed E-state index contributed by atoms with van der Waals surface area (Å²) in [5.74, 6) is -0.793. The molecule has 3 rings (SSSR count). The molecule has 10 nitrogen and oxygen atoms in total. The van der Waals surface area contributed by atoms with Gasteiger partial charge < -0.3 is 29.3 Å². The van der Waals surface area contributed by atoms with E-state index < -0.39 is 24.3 Å². The van der Waals surface area contributed by atoms with Crippen LogP contribution in [0.15, 0.2) is 24.8 Å². The number of rotatable bonds is 8. The van der Waals surface area contributed by atoms with Crippen molar-refractivity contribution in [3.05, 3.63) is 30.4 Å². The lowest BCUT2D eigenvalue weighted by atomic mass is 10.1. The van der Waals surface area contributed by atoms with Gasteiger partial charge in [0.2, 0.25) is 0 Å². The van der Waals surface area contributed by atoms with Crippen LogP contribution in [0.5, 0.6) is 11.5 Å². The van der Waals surface area contributed by atoms with E-state index in [0.29, 0.717) is 19.4 Å². The number of carbonyl (C=O) groups excluding carboxylic acids is 2. The first-order chi connectivity index (χ1) is 14.9. The van der Waals surface area contributed by atoms with E-state index in [0.717, 1.165) is 4.90 Å². The van der Waals surface area contributed by atoms with Crippen molar-refractivity contribution < 1.29 is 38.8 Å². The fourth-order valence-corrected chi connectivity index (χ4v) is 3.83. The van der Waals surface area contributed by atoms with E-state index in [1.165, 1.54) is 25.3 Å². The fourth-order valence-electron chi connectivity index (χ4n) is 3.83. The smallest absolute Gasteiger partial charge is 0.416 e. The Bertz CT molecular complexity index is 871. The maximum Gasteiger partial charge on any atom is 0.416 e. The van der Waals surface area contributed by atoms with Crippen LogP contribution in [0.2, 0.25) is 0 Å². The van der Waals surface area contributed by atoms with Crippen LogP contribution < -0.4 is 14.4 Å². The monoisotopic (exact) mass is 434 g/mol. The number of carboxylic acids is 1. The molecule has 168 valence electrons. The number of anilines is 1. The van der Waals surface area contributed by atoms with Crippen molar-refractivity contribution >= 4 is 23.7 Å². The Hall–Kier alpha value is -3.27. The Labute approximate surface area is 179 Å². The molecule has 2 heterocycles. The summed E-state index contributed by atoms with van der Waals surface area (Å²) in [6, 6.07) is 2.33. The first-order valence-electron chi connectivity index (χ1n) is 10.0. The Balaban J connectivity index is 2.02. The van der Waals surface area contributed by atoms with E-state index in [1.807, 2.05) is 0 Å². The number of aliphatic hydroxyl groups excluding tert-OH is 1. The predicted molar refractivity (Wildman–Crippen MR) is 109 cm³/mol. The molecule has 10 heteroatoms. The minimum atomic E-state index is -1.31. The van der Waals surface area contributed by atoms with Crippen molar-refractivity contribution in [1.29, 1.82) is 0 Å². The van der Waals surface area contributed by atoms with Crippen molar-refractivity contribution in [2.75, 3.05) is 31.8 Å². The molecule has 2 atom stereocenters. The quantitative estimate of drug-likeness (QED) is 0.470. The van der Waals surface area contributed by atoms with E-state index >= 15 is 0 Å². The highest BCUT2D eigenvalue weighted by atomic mass is 16.6. The van der Waals surface area contributed by atoms with E-state index in [2.05, 4.69) is 6.58 Å². The molecule has 2 aliphatic rings. The zero-order valence-corrected chi connectivity index (χ0v) is 17.3. The normalized spacial score (nSPS) is 19.9. The lowest BCUT2D eigenvalue weighted by Gasteiger charge is -2.31. The van der Waals surface area contributed by atoms with Crippen LogP contribution in [-0.2, 0) is 9.53 Å². The third-order valence-corrected chi connectivity index (χ3v) is 5.25. The van der Waals surface area contributed by atoms with Gasteiger partial charge in [-0.05, 0) is 25.3 Å². The third-order valence-electron chi connectivity index (χ3n) is 5.25. The molecule has 2 amide bonds. The number of carboxylic acid groups (broad SMARTS) is 1. The van der Waals surface area contributed by atoms with Crippen molar-refractivity contribution in [3.8, 4) is 11.5 Å². The number of fused-ring (bicyclic) bond motifs is 2. The van der Waals surface area contributed by atoms with Gasteiger partial charge in [0.05, 0.1) is 31.0 Å². The summed E-state index contributed by atoms with van der Waals surface area (Å²) >= 11 is 0. The van der Waals surface area contributed by atoms with E-state index in [4.69, 9.17) is 19.3 Å². The Morgan fingerprint density at radius 1 is 1.32 bits per heavy atom. The van der Waals surface area contributed by atoms with Gasteiger partial charge in [0.15, 0.2) is 17.7 Å². The van der Waals surface area contributed by atoms with Gasteiger partial charge in [0, 0.05) is 19.0 Å². The maximum absolute atomic E-state index is 13.2. The number of methoxy groups -OCH3 is 1. The van der Waals surface area contributed by atoms with E-state index in [1.54, 1.807) is 4.90 Å². The summed E-state index contributed by atoms with van der Waals surface area (Å²) in [7, 11) is 1.41. The lowest BCUT2D eigenvalue weighted by molar-refractivity contribution is -0.137. The molecular formula is C21H26N2O8. The van der Waals surface area contributed by atoms with E-state index in [9.17, 15) is 19.5 Å². The van der Waals surface area contributed by atoms with Crippen LogP contribution >= 0.6 is 0 Å². The van der Waals surface area contributed by atoms with Crippen LogP contribution in [-0.4, -0.2) is 72.2 Å². The number of hydrogen-bond acceptors (Lipinski definition) is 7. The highest BCUT2D eigenvalue weighted by Crippen LogP contribution is 2.41. The van der Waals surface area contributed by atoms with Crippen LogP contribution in [0, 0.1) is 0 Å². The molecule has 0 aromatic heterocycles. The van der Waals surface area contributed by atoms with Gasteiger partial charge in [0.25, 0.3) is 5.91 Å². The predicted octanol–water partition coefficient (Wildman–Crippen LogP) is 2.00. The average Bonchev–Trinajstić information content (AvgIpc) is 3.22. The summed E-state index contributed by atoms with van der Waals surface area (Å²) in [6.45, 7) is 4.01. The molecule has 1 fully saturated rings. The molecule has 0 spiro atoms. The summed E-state index contributed by atoms with van der Waals surface area (Å²) < 4.78 is 16.2. The van der Waals surface area contributed by atoms with Gasteiger partial charge in [-0.3, -0.25) is 9.59 Å². The SMILES string of the molecule is C=CCOC(=O)N1c2cc(OCCCC(=O)O)c(OC)cc2C(=O)N2CCC[C@@H]2C1O.